The number of piperidine rings is 1. The van der Waals surface area contributed by atoms with Crippen LogP contribution in [0.3, 0.4) is 0 Å². The number of hydrogen-bond acceptors (Lipinski definition) is 3. The Bertz CT molecular complexity index is 157. The summed E-state index contributed by atoms with van der Waals surface area (Å²) in [6, 6.07) is 0.0312. The van der Waals surface area contributed by atoms with Crippen LogP contribution in [0.4, 0.5) is 0 Å². The predicted molar refractivity (Wildman–Crippen MR) is 47.9 cm³/mol. The van der Waals surface area contributed by atoms with Crippen LogP contribution in [0.2, 0.25) is 0 Å². The monoisotopic (exact) mass is 173 g/mol. The molecule has 1 aliphatic heterocycles. The third-order valence-corrected chi connectivity index (χ3v) is 2.43. The number of nitrogens with one attached hydrogen (secondary N) is 1. The zero-order valence-corrected chi connectivity index (χ0v) is 8.04. The largest absolute Gasteiger partial charge is 0.393 e. The SMILES string of the molecule is CC(O)C1CC(O)CC(C)(C)N1. The van der Waals surface area contributed by atoms with Gasteiger partial charge in [0.15, 0.2) is 0 Å². The fourth-order valence-corrected chi connectivity index (χ4v) is 1.90. The molecule has 0 aromatic rings. The van der Waals surface area contributed by atoms with Gasteiger partial charge in [-0.05, 0) is 33.6 Å². The van der Waals surface area contributed by atoms with Crippen LogP contribution in [-0.4, -0.2) is 34.0 Å². The lowest BCUT2D eigenvalue weighted by Gasteiger charge is -2.40. The van der Waals surface area contributed by atoms with Gasteiger partial charge in [0.25, 0.3) is 0 Å². The van der Waals surface area contributed by atoms with Crippen molar-refractivity contribution in [2.75, 3.05) is 0 Å². The molecule has 1 heterocycles. The molecule has 0 amide bonds. The van der Waals surface area contributed by atoms with Gasteiger partial charge in [-0.15, -0.1) is 0 Å². The maximum atomic E-state index is 9.51. The predicted octanol–water partition coefficient (Wildman–Crippen LogP) is 0.259. The van der Waals surface area contributed by atoms with E-state index < -0.39 is 0 Å². The van der Waals surface area contributed by atoms with E-state index in [0.717, 1.165) is 6.42 Å². The van der Waals surface area contributed by atoms with Gasteiger partial charge < -0.3 is 15.5 Å². The summed E-state index contributed by atoms with van der Waals surface area (Å²) >= 11 is 0. The highest BCUT2D eigenvalue weighted by Crippen LogP contribution is 2.23. The standard InChI is InChI=1S/C9H19NO2/c1-6(11)8-4-7(12)5-9(2,3)10-8/h6-8,10-12H,4-5H2,1-3H3. The molecule has 72 valence electrons. The first-order valence-electron chi connectivity index (χ1n) is 4.54. The van der Waals surface area contributed by atoms with Crippen LogP contribution in [0.15, 0.2) is 0 Å². The first kappa shape index (κ1) is 9.96. The van der Waals surface area contributed by atoms with E-state index in [-0.39, 0.29) is 23.8 Å². The lowest BCUT2D eigenvalue weighted by atomic mass is 9.85. The Kier molecular flexibility index (Phi) is 2.76. The molecule has 0 aromatic carbocycles. The van der Waals surface area contributed by atoms with E-state index in [1.54, 1.807) is 6.92 Å². The molecule has 1 rings (SSSR count). The minimum absolute atomic E-state index is 0.0312. The van der Waals surface area contributed by atoms with Crippen molar-refractivity contribution in [3.63, 3.8) is 0 Å². The second-order valence-electron chi connectivity index (χ2n) is 4.47. The van der Waals surface area contributed by atoms with Gasteiger partial charge in [0, 0.05) is 11.6 Å². The Morgan fingerprint density at radius 2 is 2.08 bits per heavy atom. The van der Waals surface area contributed by atoms with Crippen molar-refractivity contribution in [1.82, 2.24) is 5.32 Å². The summed E-state index contributed by atoms with van der Waals surface area (Å²) in [5.41, 5.74) is -0.0562. The van der Waals surface area contributed by atoms with Crippen molar-refractivity contribution in [1.29, 1.82) is 0 Å². The minimum atomic E-state index is -0.390. The maximum absolute atomic E-state index is 9.51. The van der Waals surface area contributed by atoms with E-state index in [4.69, 9.17) is 0 Å². The highest BCUT2D eigenvalue weighted by atomic mass is 16.3. The van der Waals surface area contributed by atoms with E-state index in [0.29, 0.717) is 6.42 Å². The molecule has 0 spiro atoms. The average Bonchev–Trinajstić information content (AvgIpc) is 1.82. The lowest BCUT2D eigenvalue weighted by molar-refractivity contribution is 0.0234. The fraction of sp³-hybridized carbons (Fsp3) is 1.00. The van der Waals surface area contributed by atoms with Gasteiger partial charge in [-0.3, -0.25) is 0 Å². The molecule has 0 saturated carbocycles. The summed E-state index contributed by atoms with van der Waals surface area (Å²) in [7, 11) is 0. The minimum Gasteiger partial charge on any atom is -0.393 e. The van der Waals surface area contributed by atoms with Crippen LogP contribution in [0.25, 0.3) is 0 Å². The molecule has 3 heteroatoms. The molecule has 3 unspecified atom stereocenters. The first-order valence-corrected chi connectivity index (χ1v) is 4.54. The Morgan fingerprint density at radius 3 is 2.50 bits per heavy atom. The molecule has 3 atom stereocenters. The van der Waals surface area contributed by atoms with Crippen LogP contribution in [0, 0.1) is 0 Å². The number of hydrogen-bond donors (Lipinski definition) is 3. The second kappa shape index (κ2) is 3.32. The van der Waals surface area contributed by atoms with Gasteiger partial charge in [-0.2, -0.15) is 0 Å². The Morgan fingerprint density at radius 1 is 1.50 bits per heavy atom. The number of rotatable bonds is 1. The molecule has 1 aliphatic rings. The van der Waals surface area contributed by atoms with Crippen LogP contribution in [-0.2, 0) is 0 Å². The van der Waals surface area contributed by atoms with Gasteiger partial charge in [0.05, 0.1) is 12.2 Å². The zero-order chi connectivity index (χ0) is 9.35. The molecule has 3 nitrogen and oxygen atoms in total. The van der Waals surface area contributed by atoms with E-state index in [2.05, 4.69) is 5.32 Å². The number of aliphatic hydroxyl groups is 2. The second-order valence-corrected chi connectivity index (χ2v) is 4.47. The third kappa shape index (κ3) is 2.44. The van der Waals surface area contributed by atoms with Crippen LogP contribution < -0.4 is 5.32 Å². The molecule has 0 bridgehead atoms. The van der Waals surface area contributed by atoms with Crippen molar-refractivity contribution in [3.8, 4) is 0 Å². The summed E-state index contributed by atoms with van der Waals surface area (Å²) in [5.74, 6) is 0. The van der Waals surface area contributed by atoms with Gasteiger partial charge in [0.2, 0.25) is 0 Å². The molecule has 0 radical (unpaired) electrons. The smallest absolute Gasteiger partial charge is 0.0666 e. The maximum Gasteiger partial charge on any atom is 0.0666 e. The highest BCUT2D eigenvalue weighted by molar-refractivity contribution is 4.93. The third-order valence-electron chi connectivity index (χ3n) is 2.43. The molecular weight excluding hydrogens is 154 g/mol. The van der Waals surface area contributed by atoms with E-state index >= 15 is 0 Å². The van der Waals surface area contributed by atoms with Gasteiger partial charge in [-0.1, -0.05) is 0 Å². The average molecular weight is 173 g/mol. The summed E-state index contributed by atoms with van der Waals surface area (Å²) in [6.07, 6.45) is 0.747. The first-order chi connectivity index (χ1) is 5.41. The summed E-state index contributed by atoms with van der Waals surface area (Å²) in [5, 5.41) is 22.2. The Balaban J connectivity index is 2.58. The lowest BCUT2D eigenvalue weighted by Crippen LogP contribution is -2.57. The van der Waals surface area contributed by atoms with Gasteiger partial charge in [0.1, 0.15) is 0 Å². The normalized spacial score (nSPS) is 37.8. The van der Waals surface area contributed by atoms with Crippen molar-refractivity contribution < 1.29 is 10.2 Å². The number of aliphatic hydroxyl groups excluding tert-OH is 2. The summed E-state index contributed by atoms with van der Waals surface area (Å²) in [4.78, 5) is 0. The summed E-state index contributed by atoms with van der Waals surface area (Å²) < 4.78 is 0. The van der Waals surface area contributed by atoms with Crippen molar-refractivity contribution >= 4 is 0 Å². The molecule has 1 fully saturated rings. The van der Waals surface area contributed by atoms with E-state index in [1.807, 2.05) is 13.8 Å². The van der Waals surface area contributed by atoms with Crippen LogP contribution >= 0.6 is 0 Å². The quantitative estimate of drug-likeness (QED) is 0.533. The molecule has 0 aliphatic carbocycles. The van der Waals surface area contributed by atoms with Crippen molar-refractivity contribution in [2.24, 2.45) is 0 Å². The van der Waals surface area contributed by atoms with E-state index in [9.17, 15) is 10.2 Å². The van der Waals surface area contributed by atoms with E-state index in [1.165, 1.54) is 0 Å². The Hall–Kier alpha value is -0.120. The Labute approximate surface area is 73.8 Å². The molecule has 0 aromatic heterocycles. The summed E-state index contributed by atoms with van der Waals surface area (Å²) in [6.45, 7) is 5.85. The van der Waals surface area contributed by atoms with Gasteiger partial charge in [-0.25, -0.2) is 0 Å². The van der Waals surface area contributed by atoms with Crippen LogP contribution in [0.1, 0.15) is 33.6 Å². The molecule has 3 N–H and O–H groups in total. The topological polar surface area (TPSA) is 52.5 Å². The fourth-order valence-electron chi connectivity index (χ4n) is 1.90. The molecular formula is C9H19NO2. The zero-order valence-electron chi connectivity index (χ0n) is 8.04. The molecule has 12 heavy (non-hydrogen) atoms. The van der Waals surface area contributed by atoms with Crippen molar-refractivity contribution in [3.05, 3.63) is 0 Å². The van der Waals surface area contributed by atoms with Gasteiger partial charge >= 0.3 is 0 Å². The highest BCUT2D eigenvalue weighted by Gasteiger charge is 2.33. The van der Waals surface area contributed by atoms with Crippen LogP contribution in [0.5, 0.6) is 0 Å². The van der Waals surface area contributed by atoms with Crippen molar-refractivity contribution in [2.45, 2.75) is 57.4 Å². The molecule has 1 saturated heterocycles.